The SMILES string of the molecule is CC[C@H]1OC(=O)[C@H](C)[C@@H](O[C@H]2C[C@@](C)(OC)[C@@H](OC(=O)N[C@H]3CCN(C4=C5NC(=O)C(C)=CC=C[C@H](C)[C@H](O)[C@@H](C)[C@@H](O)[C@@H](C)[C@H](OC(C)=O)[C@H](C)[C@@H](OC)C=CO[C@@]6(C)Oc7c(C)c(O)c(c(c7C6=O)C4=O)C5=O)C3)[C@H](C)O2)[C@H](C)[C@@H](O[C@@H]2O[C@H](C)C[C@H](N(C)C)[C@H]2O)[C@](C)(OC)C[C@@H](C)C(=O)[C@H](C)[C@@H](O)[C@]1(C)O. The predicted molar refractivity (Wildman–Crippen MR) is 397 cm³/mol. The lowest BCUT2D eigenvalue weighted by Crippen LogP contribution is -2.62. The number of esters is 2. The van der Waals surface area contributed by atoms with Gasteiger partial charge in [0.2, 0.25) is 11.6 Å². The minimum Gasteiger partial charge on any atom is -0.507 e. The second kappa shape index (κ2) is 35.3. The zero-order chi connectivity index (χ0) is 82.2. The van der Waals surface area contributed by atoms with E-state index in [0.29, 0.717) is 6.42 Å². The van der Waals surface area contributed by atoms with Crippen molar-refractivity contribution in [1.82, 2.24) is 20.4 Å². The Morgan fingerprint density at radius 3 is 2.01 bits per heavy atom. The molecule has 0 spiro atoms. The number of fused-ring (bicyclic) bond motifs is 14. The van der Waals surface area contributed by atoms with E-state index in [4.69, 9.17) is 56.8 Å². The van der Waals surface area contributed by atoms with Gasteiger partial charge in [0, 0.05) is 113 Å². The van der Waals surface area contributed by atoms with Crippen molar-refractivity contribution in [3.05, 3.63) is 69.8 Å². The van der Waals surface area contributed by atoms with Gasteiger partial charge in [-0.3, -0.25) is 33.6 Å². The molecule has 7 aliphatic heterocycles. The van der Waals surface area contributed by atoms with Crippen LogP contribution in [0.1, 0.15) is 186 Å². The number of likely N-dealkylation sites (N-methyl/N-ethyl adjacent to an activating group) is 1. The van der Waals surface area contributed by atoms with Crippen molar-refractivity contribution >= 4 is 47.1 Å². The number of benzene rings is 1. The van der Waals surface area contributed by atoms with Gasteiger partial charge in [-0.05, 0) is 101 Å². The number of phenols is 1. The number of hydrogen-bond donors (Lipinski definition) is 8. The Hall–Kier alpha value is -6.78. The molecule has 4 fully saturated rings. The molecule has 5 bridgehead atoms. The van der Waals surface area contributed by atoms with Crippen molar-refractivity contribution < 1.29 is 126 Å². The van der Waals surface area contributed by atoms with Crippen LogP contribution in [0.5, 0.6) is 11.5 Å². The Morgan fingerprint density at radius 2 is 1.40 bits per heavy atom. The first-order valence-electron chi connectivity index (χ1n) is 38.3. The summed E-state index contributed by atoms with van der Waals surface area (Å²) in [6.07, 6.45) is -9.40. The number of ether oxygens (including phenoxy) is 12. The van der Waals surface area contributed by atoms with E-state index in [1.165, 1.54) is 86.0 Å². The number of ketones is 4. The number of aliphatic hydroxyl groups is 5. The van der Waals surface area contributed by atoms with E-state index in [2.05, 4.69) is 10.6 Å². The van der Waals surface area contributed by atoms with Crippen LogP contribution in [-0.4, -0.2) is 257 Å². The number of amides is 2. The van der Waals surface area contributed by atoms with Gasteiger partial charge in [0.05, 0.1) is 89.3 Å². The number of alkyl carbamates (subject to hydrolysis) is 1. The van der Waals surface area contributed by atoms with E-state index >= 15 is 14.4 Å². The molecule has 0 aromatic heterocycles. The number of aliphatic hydroxyl groups excluding tert-OH is 4. The van der Waals surface area contributed by atoms with Gasteiger partial charge in [-0.25, -0.2) is 4.79 Å². The second-order valence-electron chi connectivity index (χ2n) is 32.6. The third kappa shape index (κ3) is 17.9. The second-order valence-corrected chi connectivity index (χ2v) is 32.6. The van der Waals surface area contributed by atoms with Crippen LogP contribution in [0.25, 0.3) is 0 Å². The fraction of sp³-hybridized carbons (Fsp3) is 0.725. The molecule has 2 amide bonds. The molecule has 1 aromatic rings. The first-order chi connectivity index (χ1) is 51.3. The van der Waals surface area contributed by atoms with Gasteiger partial charge in [-0.1, -0.05) is 73.6 Å². The van der Waals surface area contributed by atoms with Crippen LogP contribution < -0.4 is 15.4 Å². The quantitative estimate of drug-likeness (QED) is 0.0802. The number of nitrogens with zero attached hydrogens (tertiary/aromatic N) is 2. The number of allylic oxidation sites excluding steroid dienone is 4. The van der Waals surface area contributed by atoms with Crippen LogP contribution in [0.4, 0.5) is 4.79 Å². The van der Waals surface area contributed by atoms with Crippen LogP contribution in [0, 0.1) is 54.3 Å². The fourth-order valence-corrected chi connectivity index (χ4v) is 17.2. The maximum Gasteiger partial charge on any atom is 0.407 e. The first kappa shape index (κ1) is 88.8. The molecule has 28 atom stereocenters. The molecule has 4 saturated heterocycles. The van der Waals surface area contributed by atoms with Crippen LogP contribution in [-0.2, 0) is 71.3 Å². The molecular formula is C80H120N4O26. The molecule has 8 aliphatic rings. The molecule has 616 valence electrons. The van der Waals surface area contributed by atoms with Crippen LogP contribution in [0.2, 0.25) is 0 Å². The van der Waals surface area contributed by atoms with Crippen molar-refractivity contribution in [3.8, 4) is 11.5 Å². The maximum atomic E-state index is 15.7. The standard InChI is InChI=1S/C80H120N4O26/c1-24-52-79(17,98)69(93)44(10)60(87)38(4)33-77(15,100-22)71(108-75-63(90)50(83(19)20)32-39(5)103-75)45(11)67(46(12)74(96)106-52)107-53-34-78(16,101-23)72(47(13)104-53)109-76(97)81-49-28-30-84(35-49)58-57-64(91)55-54(65(58)92)56-68(43(9)62(55)89)110-80(18,70(56)94)102-31-29-51(99-21)40(6)66(105-48(14)85)42(8)61(88)41(7)59(86)36(2)26-25-27-37(3)73(95)82-57/h25-27,29,31,36,38-42,44-47,49-53,59,61,63,66-67,69,71-72,75,86,88-90,93,98H,24,28,30,32-35H2,1-23H3,(H,81,97)(H,82,95)/t36-,38+,39+,40+,41+,42+,44-,45-,46+,47-,49-,50-,51-,52+,53-,59-,61+,63+,66+,67-,69+,71+,72-,75-,77+,78+,79+,80-/m0/s1. The summed E-state index contributed by atoms with van der Waals surface area (Å²) < 4.78 is 75.9. The van der Waals surface area contributed by atoms with Crippen molar-refractivity contribution in [2.45, 2.75) is 277 Å². The van der Waals surface area contributed by atoms with Crippen LogP contribution in [0.15, 0.2) is 47.5 Å². The molecule has 7 heterocycles. The maximum absolute atomic E-state index is 15.7. The molecule has 30 nitrogen and oxygen atoms in total. The number of aromatic hydroxyl groups is 1. The number of carbonyl (C=O) groups is 8. The summed E-state index contributed by atoms with van der Waals surface area (Å²) in [6.45, 7) is 28.2. The number of carbonyl (C=O) groups excluding carboxylic acids is 8. The summed E-state index contributed by atoms with van der Waals surface area (Å²) in [5.41, 5.74) is -7.53. The summed E-state index contributed by atoms with van der Waals surface area (Å²) in [7, 11) is 7.92. The number of Topliss-reactive ketones (excluding diaryl/α,β-unsaturated/α-hetero) is 4. The highest BCUT2D eigenvalue weighted by Crippen LogP contribution is 2.50. The third-order valence-electron chi connectivity index (χ3n) is 24.2. The van der Waals surface area contributed by atoms with Gasteiger partial charge in [0.25, 0.3) is 11.7 Å². The lowest BCUT2D eigenvalue weighted by Gasteiger charge is -2.50. The first-order valence-corrected chi connectivity index (χ1v) is 38.3. The van der Waals surface area contributed by atoms with Crippen molar-refractivity contribution in [3.63, 3.8) is 0 Å². The summed E-state index contributed by atoms with van der Waals surface area (Å²) in [5, 5.41) is 76.7. The van der Waals surface area contributed by atoms with Crippen molar-refractivity contribution in [2.75, 3.05) is 48.5 Å². The average Bonchev–Trinajstić information content (AvgIpc) is 1.49. The minimum atomic E-state index is -2.25. The summed E-state index contributed by atoms with van der Waals surface area (Å²) >= 11 is 0. The monoisotopic (exact) mass is 1550 g/mol. The van der Waals surface area contributed by atoms with Crippen molar-refractivity contribution in [2.24, 2.45) is 47.3 Å². The Kier molecular flexibility index (Phi) is 28.5. The van der Waals surface area contributed by atoms with Gasteiger partial charge < -0.3 is 108 Å². The molecule has 8 N–H and O–H groups in total. The third-order valence-corrected chi connectivity index (χ3v) is 24.2. The Labute approximate surface area is 645 Å². The molecule has 1 aromatic carbocycles. The number of rotatable bonds is 13. The lowest BCUT2D eigenvalue weighted by atomic mass is 9.74. The number of likely N-dealkylation sites (tertiary alicyclic amines) is 1. The van der Waals surface area contributed by atoms with Crippen LogP contribution >= 0.6 is 0 Å². The van der Waals surface area contributed by atoms with E-state index in [9.17, 15) is 54.6 Å². The summed E-state index contributed by atoms with van der Waals surface area (Å²) in [6, 6.07) is -1.25. The number of methoxy groups -OCH3 is 3. The largest absolute Gasteiger partial charge is 0.507 e. The average molecular weight is 1550 g/mol. The topological polar surface area (TPSA) is 399 Å². The molecule has 0 radical (unpaired) electrons. The zero-order valence-electron chi connectivity index (χ0n) is 67.9. The summed E-state index contributed by atoms with van der Waals surface area (Å²) in [5.74, 6) is -15.9. The number of phenolic OH excluding ortho intramolecular Hbond substituents is 1. The van der Waals surface area contributed by atoms with Gasteiger partial charge in [-0.2, -0.15) is 0 Å². The lowest BCUT2D eigenvalue weighted by molar-refractivity contribution is -0.319. The van der Waals surface area contributed by atoms with E-state index in [-0.39, 0.29) is 67.5 Å². The number of cyclic esters (lactones) is 1. The molecule has 9 rings (SSSR count). The predicted octanol–water partition coefficient (Wildman–Crippen LogP) is 6.22. The Morgan fingerprint density at radius 1 is 0.755 bits per heavy atom. The van der Waals surface area contributed by atoms with Gasteiger partial charge in [0.1, 0.15) is 58.2 Å². The fourth-order valence-electron chi connectivity index (χ4n) is 17.2. The van der Waals surface area contributed by atoms with Gasteiger partial charge in [0.15, 0.2) is 18.7 Å². The Balaban J connectivity index is 1.10. The highest BCUT2D eigenvalue weighted by Gasteiger charge is 2.58. The normalized spacial score (nSPS) is 40.2. The zero-order valence-corrected chi connectivity index (χ0v) is 67.9. The summed E-state index contributed by atoms with van der Waals surface area (Å²) in [4.78, 5) is 120. The smallest absolute Gasteiger partial charge is 0.407 e. The highest BCUT2D eigenvalue weighted by atomic mass is 16.7. The number of hydrogen-bond acceptors (Lipinski definition) is 28. The van der Waals surface area contributed by atoms with Crippen LogP contribution in [0.3, 0.4) is 0 Å². The van der Waals surface area contributed by atoms with E-state index < -0.39 is 237 Å². The highest BCUT2D eigenvalue weighted by molar-refractivity contribution is 6.32. The van der Waals surface area contributed by atoms with E-state index in [1.54, 1.807) is 82.2 Å². The number of nitrogens with one attached hydrogen (secondary N) is 2. The van der Waals surface area contributed by atoms with E-state index in [0.717, 1.165) is 6.26 Å². The molecular weight excluding hydrogens is 1430 g/mol. The Bertz CT molecular complexity index is 3710. The molecule has 1 aliphatic carbocycles. The molecule has 110 heavy (non-hydrogen) atoms. The molecule has 30 heteroatoms. The molecule has 0 saturated carbocycles. The van der Waals surface area contributed by atoms with Crippen molar-refractivity contribution in [1.29, 1.82) is 0 Å². The van der Waals surface area contributed by atoms with E-state index in [1.807, 2.05) is 25.9 Å². The van der Waals surface area contributed by atoms with Gasteiger partial charge >= 0.3 is 23.8 Å². The minimum absolute atomic E-state index is 0.0173. The van der Waals surface area contributed by atoms with Gasteiger partial charge in [-0.15, -0.1) is 0 Å². The molecule has 0 unspecified atom stereocenters.